The van der Waals surface area contributed by atoms with Gasteiger partial charge in [-0.1, -0.05) is 0 Å². The minimum absolute atomic E-state index is 0.288. The number of benzene rings is 1. The topological polar surface area (TPSA) is 41.1 Å². The van der Waals surface area contributed by atoms with Gasteiger partial charge in [-0.15, -0.1) is 0 Å². The van der Waals surface area contributed by atoms with Gasteiger partial charge in [-0.25, -0.2) is 13.2 Å². The van der Waals surface area contributed by atoms with Crippen molar-refractivity contribution >= 4 is 5.91 Å². The lowest BCUT2D eigenvalue weighted by Gasteiger charge is -2.07. The predicted molar refractivity (Wildman–Crippen MR) is 57.2 cm³/mol. The Balaban J connectivity index is 2.69. The third kappa shape index (κ3) is 3.74. The van der Waals surface area contributed by atoms with Crippen LogP contribution in [0.3, 0.4) is 0 Å². The largest absolute Gasteiger partial charge is 0.352 e. The van der Waals surface area contributed by atoms with Gasteiger partial charge in [-0.2, -0.15) is 0 Å². The van der Waals surface area contributed by atoms with Crippen LogP contribution in [0.4, 0.5) is 13.2 Å². The van der Waals surface area contributed by atoms with Crippen LogP contribution in [-0.4, -0.2) is 26.0 Å². The average Bonchev–Trinajstić information content (AvgIpc) is 2.23. The van der Waals surface area contributed by atoms with E-state index in [-0.39, 0.29) is 6.54 Å². The van der Waals surface area contributed by atoms with Crippen molar-refractivity contribution < 1.29 is 18.0 Å². The van der Waals surface area contributed by atoms with Crippen LogP contribution >= 0.6 is 0 Å². The van der Waals surface area contributed by atoms with Crippen molar-refractivity contribution in [1.29, 1.82) is 0 Å². The lowest BCUT2D eigenvalue weighted by atomic mass is 10.1. The molecule has 0 atom stereocenters. The van der Waals surface area contributed by atoms with E-state index in [1.807, 2.05) is 0 Å². The molecule has 0 spiro atoms. The van der Waals surface area contributed by atoms with Gasteiger partial charge in [0, 0.05) is 18.7 Å². The van der Waals surface area contributed by atoms with Crippen LogP contribution in [-0.2, 0) is 0 Å². The number of hydrogen-bond donors (Lipinski definition) is 2. The van der Waals surface area contributed by atoms with Crippen LogP contribution in [0, 0.1) is 17.5 Å². The highest BCUT2D eigenvalue weighted by Gasteiger charge is 2.18. The fraction of sp³-hybridized carbons (Fsp3) is 0.364. The highest BCUT2D eigenvalue weighted by Crippen LogP contribution is 2.14. The van der Waals surface area contributed by atoms with Crippen molar-refractivity contribution in [3.63, 3.8) is 0 Å². The molecular formula is C11H13F3N2O. The Labute approximate surface area is 97.0 Å². The van der Waals surface area contributed by atoms with E-state index >= 15 is 0 Å². The Morgan fingerprint density at radius 1 is 1.18 bits per heavy atom. The smallest absolute Gasteiger partial charge is 0.257 e. The van der Waals surface area contributed by atoms with Crippen LogP contribution in [0.15, 0.2) is 12.1 Å². The maximum Gasteiger partial charge on any atom is 0.257 e. The first-order valence-electron chi connectivity index (χ1n) is 5.13. The Hall–Kier alpha value is -1.56. The molecule has 0 bridgehead atoms. The van der Waals surface area contributed by atoms with Gasteiger partial charge in [0.1, 0.15) is 23.0 Å². The van der Waals surface area contributed by atoms with Gasteiger partial charge >= 0.3 is 0 Å². The Morgan fingerprint density at radius 2 is 1.76 bits per heavy atom. The molecule has 0 aliphatic rings. The van der Waals surface area contributed by atoms with Crippen LogP contribution in [0.5, 0.6) is 0 Å². The van der Waals surface area contributed by atoms with Gasteiger partial charge in [0.05, 0.1) is 0 Å². The second kappa shape index (κ2) is 6.24. The van der Waals surface area contributed by atoms with Gasteiger partial charge in [0.25, 0.3) is 5.91 Å². The third-order valence-electron chi connectivity index (χ3n) is 2.12. The van der Waals surface area contributed by atoms with Crippen molar-refractivity contribution in [3.05, 3.63) is 35.1 Å². The van der Waals surface area contributed by atoms with Gasteiger partial charge in [-0.05, 0) is 20.0 Å². The fourth-order valence-corrected chi connectivity index (χ4v) is 1.31. The quantitative estimate of drug-likeness (QED) is 0.772. The molecule has 1 rings (SSSR count). The van der Waals surface area contributed by atoms with E-state index in [2.05, 4.69) is 10.6 Å². The molecule has 0 fully saturated rings. The molecule has 6 heteroatoms. The average molecular weight is 246 g/mol. The maximum atomic E-state index is 13.2. The summed E-state index contributed by atoms with van der Waals surface area (Å²) < 4.78 is 39.0. The summed E-state index contributed by atoms with van der Waals surface area (Å²) in [7, 11) is 1.75. The highest BCUT2D eigenvalue weighted by atomic mass is 19.1. The van der Waals surface area contributed by atoms with E-state index in [4.69, 9.17) is 0 Å². The first kappa shape index (κ1) is 13.5. The zero-order chi connectivity index (χ0) is 12.8. The second-order valence-corrected chi connectivity index (χ2v) is 3.46. The minimum Gasteiger partial charge on any atom is -0.352 e. The minimum atomic E-state index is -1.20. The van der Waals surface area contributed by atoms with E-state index in [0.29, 0.717) is 25.1 Å². The summed E-state index contributed by atoms with van der Waals surface area (Å²) in [6.45, 7) is 0.963. The normalized spacial score (nSPS) is 10.4. The van der Waals surface area contributed by atoms with E-state index in [1.165, 1.54) is 0 Å². The lowest BCUT2D eigenvalue weighted by Crippen LogP contribution is -2.28. The predicted octanol–water partition coefficient (Wildman–Crippen LogP) is 1.44. The molecule has 0 heterocycles. The van der Waals surface area contributed by atoms with Crippen molar-refractivity contribution in [2.24, 2.45) is 0 Å². The van der Waals surface area contributed by atoms with Crippen molar-refractivity contribution in [2.45, 2.75) is 6.42 Å². The summed E-state index contributed by atoms with van der Waals surface area (Å²) >= 11 is 0. The molecule has 17 heavy (non-hydrogen) atoms. The molecule has 0 saturated heterocycles. The monoisotopic (exact) mass is 246 g/mol. The summed E-state index contributed by atoms with van der Waals surface area (Å²) in [4.78, 5) is 11.4. The van der Waals surface area contributed by atoms with Crippen LogP contribution in [0.2, 0.25) is 0 Å². The Bertz CT molecular complexity index is 387. The molecule has 0 radical (unpaired) electrons. The van der Waals surface area contributed by atoms with Gasteiger partial charge in [0.2, 0.25) is 0 Å². The molecule has 1 aromatic rings. The van der Waals surface area contributed by atoms with E-state index < -0.39 is 28.9 Å². The third-order valence-corrected chi connectivity index (χ3v) is 2.12. The van der Waals surface area contributed by atoms with Crippen LogP contribution in [0.1, 0.15) is 16.8 Å². The number of rotatable bonds is 5. The number of hydrogen-bond acceptors (Lipinski definition) is 2. The second-order valence-electron chi connectivity index (χ2n) is 3.46. The fourth-order valence-electron chi connectivity index (χ4n) is 1.31. The summed E-state index contributed by atoms with van der Waals surface area (Å²) in [5.74, 6) is -4.33. The SMILES string of the molecule is CNCCCNC(=O)c1c(F)cc(F)cc1F. The number of amides is 1. The highest BCUT2D eigenvalue weighted by molar-refractivity contribution is 5.94. The molecule has 0 unspecified atom stereocenters. The molecule has 1 aromatic carbocycles. The molecule has 2 N–H and O–H groups in total. The summed E-state index contributed by atoms with van der Waals surface area (Å²) in [6.07, 6.45) is 0.632. The first-order chi connectivity index (χ1) is 8.06. The molecule has 0 aromatic heterocycles. The number of carbonyl (C=O) groups excluding carboxylic acids is 1. The van der Waals surface area contributed by atoms with Crippen LogP contribution < -0.4 is 10.6 Å². The Kier molecular flexibility index (Phi) is 4.96. The van der Waals surface area contributed by atoms with Crippen molar-refractivity contribution in [2.75, 3.05) is 20.1 Å². The lowest BCUT2D eigenvalue weighted by molar-refractivity contribution is 0.0944. The van der Waals surface area contributed by atoms with Crippen molar-refractivity contribution in [3.8, 4) is 0 Å². The molecule has 0 aliphatic carbocycles. The molecule has 94 valence electrons. The number of nitrogens with one attached hydrogen (secondary N) is 2. The molecule has 0 aliphatic heterocycles. The van der Waals surface area contributed by atoms with E-state index in [1.54, 1.807) is 7.05 Å². The molecule has 0 saturated carbocycles. The number of halogens is 3. The van der Waals surface area contributed by atoms with Crippen molar-refractivity contribution in [1.82, 2.24) is 10.6 Å². The van der Waals surface area contributed by atoms with E-state index in [0.717, 1.165) is 0 Å². The summed E-state index contributed by atoms with van der Waals surface area (Å²) in [5, 5.41) is 5.22. The first-order valence-corrected chi connectivity index (χ1v) is 5.13. The maximum absolute atomic E-state index is 13.2. The summed E-state index contributed by atoms with van der Waals surface area (Å²) in [6, 6.07) is 0.956. The molecule has 1 amide bonds. The van der Waals surface area contributed by atoms with Gasteiger partial charge in [0.15, 0.2) is 0 Å². The Morgan fingerprint density at radius 3 is 2.29 bits per heavy atom. The van der Waals surface area contributed by atoms with Gasteiger partial charge < -0.3 is 10.6 Å². The van der Waals surface area contributed by atoms with Gasteiger partial charge in [-0.3, -0.25) is 4.79 Å². The molecular weight excluding hydrogens is 233 g/mol. The zero-order valence-corrected chi connectivity index (χ0v) is 9.32. The number of carbonyl (C=O) groups is 1. The molecule has 3 nitrogen and oxygen atoms in total. The zero-order valence-electron chi connectivity index (χ0n) is 9.32. The summed E-state index contributed by atoms with van der Waals surface area (Å²) in [5.41, 5.74) is -0.754. The van der Waals surface area contributed by atoms with Crippen LogP contribution in [0.25, 0.3) is 0 Å². The van der Waals surface area contributed by atoms with E-state index in [9.17, 15) is 18.0 Å². The standard InChI is InChI=1S/C11H13F3N2O/c1-15-3-2-4-16-11(17)10-8(13)5-7(12)6-9(10)14/h5-6,15H,2-4H2,1H3,(H,16,17).